The Labute approximate surface area is 155 Å². The maximum Gasteiger partial charge on any atom is 0.296 e. The standard InChI is InChI=1S/C17H18Cl2N2O4/c18-11-2-3-12(13(19)10-11)14-15(22)17(24)21(16(14)23)5-1-4-20-6-8-25-9-7-20/h2-3,10,22H,1,4-9H2. The van der Waals surface area contributed by atoms with Crippen molar-refractivity contribution in [3.05, 3.63) is 39.6 Å². The van der Waals surface area contributed by atoms with Crippen LogP contribution in [0.4, 0.5) is 0 Å². The third-order valence-electron chi connectivity index (χ3n) is 4.30. The molecule has 0 aliphatic carbocycles. The van der Waals surface area contributed by atoms with Gasteiger partial charge < -0.3 is 9.84 Å². The molecule has 1 fully saturated rings. The smallest absolute Gasteiger partial charge is 0.296 e. The van der Waals surface area contributed by atoms with Crippen molar-refractivity contribution in [2.75, 3.05) is 39.4 Å². The van der Waals surface area contributed by atoms with Gasteiger partial charge in [-0.05, 0) is 18.6 Å². The van der Waals surface area contributed by atoms with Crippen LogP contribution in [0.3, 0.4) is 0 Å². The van der Waals surface area contributed by atoms with Crippen molar-refractivity contribution >= 4 is 40.6 Å². The molecule has 3 rings (SSSR count). The number of aliphatic hydroxyl groups is 1. The predicted octanol–water partition coefficient (Wildman–Crippen LogP) is 2.35. The minimum absolute atomic E-state index is 0.0713. The van der Waals surface area contributed by atoms with E-state index in [1.165, 1.54) is 12.1 Å². The van der Waals surface area contributed by atoms with Gasteiger partial charge >= 0.3 is 0 Å². The van der Waals surface area contributed by atoms with Gasteiger partial charge in [-0.2, -0.15) is 0 Å². The zero-order chi connectivity index (χ0) is 18.0. The van der Waals surface area contributed by atoms with E-state index in [1.807, 2.05) is 0 Å². The van der Waals surface area contributed by atoms with Gasteiger partial charge in [-0.15, -0.1) is 0 Å². The van der Waals surface area contributed by atoms with E-state index in [2.05, 4.69) is 4.90 Å². The summed E-state index contributed by atoms with van der Waals surface area (Å²) in [7, 11) is 0. The van der Waals surface area contributed by atoms with Crippen LogP contribution in [0.5, 0.6) is 0 Å². The number of ether oxygens (including phenoxy) is 1. The monoisotopic (exact) mass is 384 g/mol. The molecule has 1 aromatic carbocycles. The maximum absolute atomic E-state index is 12.6. The second-order valence-corrected chi connectivity index (χ2v) is 6.76. The van der Waals surface area contributed by atoms with Gasteiger partial charge in [0.1, 0.15) is 0 Å². The average molecular weight is 385 g/mol. The molecule has 25 heavy (non-hydrogen) atoms. The lowest BCUT2D eigenvalue weighted by Gasteiger charge is -2.27. The fraction of sp³-hybridized carbons (Fsp3) is 0.412. The van der Waals surface area contributed by atoms with Gasteiger partial charge in [0.25, 0.3) is 11.8 Å². The topological polar surface area (TPSA) is 70.1 Å². The third-order valence-corrected chi connectivity index (χ3v) is 4.85. The van der Waals surface area contributed by atoms with Crippen molar-refractivity contribution in [3.63, 3.8) is 0 Å². The summed E-state index contributed by atoms with van der Waals surface area (Å²) in [4.78, 5) is 28.1. The van der Waals surface area contributed by atoms with Crippen LogP contribution in [0.1, 0.15) is 12.0 Å². The van der Waals surface area contributed by atoms with Gasteiger partial charge in [-0.1, -0.05) is 29.3 Å². The zero-order valence-corrected chi connectivity index (χ0v) is 15.0. The van der Waals surface area contributed by atoms with Gasteiger partial charge in [0.2, 0.25) is 0 Å². The molecule has 0 radical (unpaired) electrons. The molecule has 1 saturated heterocycles. The van der Waals surface area contributed by atoms with E-state index in [0.717, 1.165) is 24.5 Å². The van der Waals surface area contributed by atoms with Crippen LogP contribution in [0.25, 0.3) is 5.57 Å². The Kier molecular flexibility index (Phi) is 5.64. The Morgan fingerprint density at radius 2 is 1.80 bits per heavy atom. The highest BCUT2D eigenvalue weighted by atomic mass is 35.5. The number of carbonyl (C=O) groups excluding carboxylic acids is 2. The van der Waals surface area contributed by atoms with E-state index >= 15 is 0 Å². The number of benzene rings is 1. The second-order valence-electron chi connectivity index (χ2n) is 5.92. The molecule has 0 saturated carbocycles. The number of halogens is 2. The summed E-state index contributed by atoms with van der Waals surface area (Å²) in [6, 6.07) is 4.55. The highest BCUT2D eigenvalue weighted by molar-refractivity contribution is 6.40. The number of imide groups is 1. The van der Waals surface area contributed by atoms with E-state index < -0.39 is 17.6 Å². The molecule has 0 spiro atoms. The Hall–Kier alpha value is -1.60. The zero-order valence-electron chi connectivity index (χ0n) is 13.5. The first-order valence-corrected chi connectivity index (χ1v) is 8.79. The van der Waals surface area contributed by atoms with Gasteiger partial charge in [0.05, 0.1) is 23.8 Å². The Morgan fingerprint density at radius 3 is 2.48 bits per heavy atom. The predicted molar refractivity (Wildman–Crippen MR) is 94.6 cm³/mol. The molecule has 2 heterocycles. The lowest BCUT2D eigenvalue weighted by atomic mass is 10.1. The van der Waals surface area contributed by atoms with E-state index in [9.17, 15) is 14.7 Å². The molecule has 0 aromatic heterocycles. The highest BCUT2D eigenvalue weighted by Crippen LogP contribution is 2.33. The highest BCUT2D eigenvalue weighted by Gasteiger charge is 2.39. The average Bonchev–Trinajstić information content (AvgIpc) is 2.80. The minimum atomic E-state index is -0.687. The summed E-state index contributed by atoms with van der Waals surface area (Å²) in [5.41, 5.74) is 0.232. The molecule has 8 heteroatoms. The van der Waals surface area contributed by atoms with Crippen LogP contribution >= 0.6 is 23.2 Å². The van der Waals surface area contributed by atoms with Crippen molar-refractivity contribution in [2.45, 2.75) is 6.42 Å². The minimum Gasteiger partial charge on any atom is -0.502 e. The maximum atomic E-state index is 12.6. The van der Waals surface area contributed by atoms with E-state index in [0.29, 0.717) is 30.2 Å². The Bertz CT molecular complexity index is 729. The molecule has 2 aliphatic rings. The summed E-state index contributed by atoms with van der Waals surface area (Å²) in [5.74, 6) is -1.79. The summed E-state index contributed by atoms with van der Waals surface area (Å²) in [5, 5.41) is 10.8. The number of nitrogens with zero attached hydrogens (tertiary/aromatic N) is 2. The molecule has 134 valence electrons. The lowest BCUT2D eigenvalue weighted by molar-refractivity contribution is -0.138. The van der Waals surface area contributed by atoms with Gasteiger partial charge in [0, 0.05) is 36.8 Å². The molecule has 1 aromatic rings. The SMILES string of the molecule is O=C1C(O)=C(c2ccc(Cl)cc2Cl)C(=O)N1CCCN1CCOCC1. The quantitative estimate of drug-likeness (QED) is 0.789. The molecule has 0 bridgehead atoms. The van der Waals surface area contributed by atoms with Gasteiger partial charge in [0.15, 0.2) is 5.76 Å². The van der Waals surface area contributed by atoms with Crippen LogP contribution < -0.4 is 0 Å². The first-order valence-electron chi connectivity index (χ1n) is 8.04. The second kappa shape index (κ2) is 7.74. The molecule has 1 N–H and O–H groups in total. The number of carbonyl (C=O) groups is 2. The van der Waals surface area contributed by atoms with Crippen molar-refractivity contribution < 1.29 is 19.4 Å². The third kappa shape index (κ3) is 3.82. The Morgan fingerprint density at radius 1 is 1.08 bits per heavy atom. The summed E-state index contributed by atoms with van der Waals surface area (Å²) in [6.45, 7) is 4.09. The van der Waals surface area contributed by atoms with Crippen molar-refractivity contribution in [2.24, 2.45) is 0 Å². The molecule has 0 unspecified atom stereocenters. The molecule has 6 nitrogen and oxygen atoms in total. The van der Waals surface area contributed by atoms with E-state index in [4.69, 9.17) is 27.9 Å². The van der Waals surface area contributed by atoms with Crippen molar-refractivity contribution in [3.8, 4) is 0 Å². The van der Waals surface area contributed by atoms with Crippen molar-refractivity contribution in [1.29, 1.82) is 0 Å². The summed E-state index contributed by atoms with van der Waals surface area (Å²) in [6.07, 6.45) is 0.631. The van der Waals surface area contributed by atoms with Crippen LogP contribution in [0.2, 0.25) is 10.0 Å². The van der Waals surface area contributed by atoms with Gasteiger partial charge in [-0.3, -0.25) is 19.4 Å². The van der Waals surface area contributed by atoms with Crippen LogP contribution in [0.15, 0.2) is 24.0 Å². The molecule has 2 amide bonds. The summed E-state index contributed by atoms with van der Waals surface area (Å²) >= 11 is 12.0. The first-order chi connectivity index (χ1) is 12.0. The van der Waals surface area contributed by atoms with Crippen molar-refractivity contribution in [1.82, 2.24) is 9.80 Å². The number of rotatable bonds is 5. The molecular formula is C17H18Cl2N2O4. The number of aliphatic hydroxyl groups excluding tert-OH is 1. The largest absolute Gasteiger partial charge is 0.502 e. The summed E-state index contributed by atoms with van der Waals surface area (Å²) < 4.78 is 5.29. The Balaban J connectivity index is 1.68. The normalized spacial score (nSPS) is 19.2. The van der Waals surface area contributed by atoms with E-state index in [-0.39, 0.29) is 17.1 Å². The first kappa shape index (κ1) is 18.2. The fourth-order valence-electron chi connectivity index (χ4n) is 2.98. The number of morpholine rings is 1. The lowest BCUT2D eigenvalue weighted by Crippen LogP contribution is -2.39. The fourth-order valence-corrected chi connectivity index (χ4v) is 3.48. The number of hydrogen-bond acceptors (Lipinski definition) is 5. The van der Waals surface area contributed by atoms with Crippen LogP contribution in [0, 0.1) is 0 Å². The number of hydrogen-bond donors (Lipinski definition) is 1. The van der Waals surface area contributed by atoms with Crippen LogP contribution in [-0.4, -0.2) is 66.1 Å². The number of amides is 2. The molecule has 2 aliphatic heterocycles. The van der Waals surface area contributed by atoms with E-state index in [1.54, 1.807) is 6.07 Å². The van der Waals surface area contributed by atoms with Crippen LogP contribution in [-0.2, 0) is 14.3 Å². The molecular weight excluding hydrogens is 367 g/mol. The molecule has 0 atom stereocenters. The van der Waals surface area contributed by atoms with Gasteiger partial charge in [-0.25, -0.2) is 0 Å².